The summed E-state index contributed by atoms with van der Waals surface area (Å²) in [6.45, 7) is 0. The first kappa shape index (κ1) is 15.9. The number of benzene rings is 1. The van der Waals surface area contributed by atoms with E-state index in [1.165, 1.54) is 10.9 Å². The van der Waals surface area contributed by atoms with Gasteiger partial charge >= 0.3 is 0 Å². The molecule has 0 amide bonds. The molecule has 2 heterocycles. The van der Waals surface area contributed by atoms with Gasteiger partial charge < -0.3 is 10.3 Å². The smallest absolute Gasteiger partial charge is 0.227 e. The molecule has 0 unspecified atom stereocenters. The third kappa shape index (κ3) is 2.94. The van der Waals surface area contributed by atoms with Crippen LogP contribution in [0.4, 0.5) is 0 Å². The SMILES string of the molecule is Cl.NC1(c2noc(CCc3ccnc4ccccc34)n2)CCC1. The highest BCUT2D eigenvalue weighted by Gasteiger charge is 2.38. The first-order chi connectivity index (χ1) is 10.7. The maximum atomic E-state index is 6.23. The molecule has 120 valence electrons. The van der Waals surface area contributed by atoms with E-state index in [4.69, 9.17) is 10.3 Å². The summed E-state index contributed by atoms with van der Waals surface area (Å²) in [7, 11) is 0. The summed E-state index contributed by atoms with van der Waals surface area (Å²) in [4.78, 5) is 8.86. The molecule has 2 aromatic heterocycles. The molecular weight excluding hydrogens is 312 g/mol. The van der Waals surface area contributed by atoms with Crippen LogP contribution in [0.2, 0.25) is 0 Å². The van der Waals surface area contributed by atoms with Crippen molar-refractivity contribution in [1.82, 2.24) is 15.1 Å². The summed E-state index contributed by atoms with van der Waals surface area (Å²) in [5, 5.41) is 5.24. The Morgan fingerprint density at radius 2 is 1.96 bits per heavy atom. The van der Waals surface area contributed by atoms with Gasteiger partial charge in [0.2, 0.25) is 5.89 Å². The van der Waals surface area contributed by atoms with Gasteiger partial charge in [-0.3, -0.25) is 4.98 Å². The average Bonchev–Trinajstić information content (AvgIpc) is 3.00. The Morgan fingerprint density at radius 3 is 2.74 bits per heavy atom. The zero-order valence-corrected chi connectivity index (χ0v) is 13.6. The molecule has 1 fully saturated rings. The van der Waals surface area contributed by atoms with Crippen molar-refractivity contribution in [3.05, 3.63) is 53.8 Å². The fourth-order valence-corrected chi connectivity index (χ4v) is 2.95. The number of pyridine rings is 1. The van der Waals surface area contributed by atoms with Gasteiger partial charge in [-0.2, -0.15) is 4.98 Å². The minimum Gasteiger partial charge on any atom is -0.339 e. The van der Waals surface area contributed by atoms with E-state index in [-0.39, 0.29) is 17.9 Å². The van der Waals surface area contributed by atoms with Gasteiger partial charge in [-0.15, -0.1) is 12.4 Å². The predicted molar refractivity (Wildman–Crippen MR) is 90.4 cm³/mol. The lowest BCUT2D eigenvalue weighted by atomic mass is 9.77. The Bertz CT molecular complexity index is 808. The Morgan fingerprint density at radius 1 is 1.13 bits per heavy atom. The molecule has 1 aliphatic carbocycles. The highest BCUT2D eigenvalue weighted by molar-refractivity contribution is 5.85. The van der Waals surface area contributed by atoms with Crippen molar-refractivity contribution in [2.45, 2.75) is 37.6 Å². The van der Waals surface area contributed by atoms with Crippen molar-refractivity contribution in [1.29, 1.82) is 0 Å². The van der Waals surface area contributed by atoms with Gasteiger partial charge in [0.05, 0.1) is 11.1 Å². The molecule has 0 aliphatic heterocycles. The number of aryl methyl sites for hydroxylation is 2. The summed E-state index contributed by atoms with van der Waals surface area (Å²) >= 11 is 0. The summed E-state index contributed by atoms with van der Waals surface area (Å²) in [6.07, 6.45) is 6.45. The van der Waals surface area contributed by atoms with Gasteiger partial charge in [-0.05, 0) is 43.4 Å². The molecule has 4 rings (SSSR count). The largest absolute Gasteiger partial charge is 0.339 e. The number of halogens is 1. The summed E-state index contributed by atoms with van der Waals surface area (Å²) in [5.41, 5.74) is 8.13. The van der Waals surface area contributed by atoms with Crippen LogP contribution in [0.15, 0.2) is 41.1 Å². The fraction of sp³-hybridized carbons (Fsp3) is 0.353. The fourth-order valence-electron chi connectivity index (χ4n) is 2.95. The van der Waals surface area contributed by atoms with Gasteiger partial charge in [0, 0.05) is 18.0 Å². The lowest BCUT2D eigenvalue weighted by Crippen LogP contribution is -2.44. The number of hydrogen-bond acceptors (Lipinski definition) is 5. The van der Waals surface area contributed by atoms with Crippen LogP contribution in [0, 0.1) is 0 Å². The third-order valence-electron chi connectivity index (χ3n) is 4.51. The minimum atomic E-state index is -0.356. The highest BCUT2D eigenvalue weighted by Crippen LogP contribution is 2.36. The first-order valence-corrected chi connectivity index (χ1v) is 7.69. The molecule has 3 aromatic rings. The van der Waals surface area contributed by atoms with Gasteiger partial charge in [-0.25, -0.2) is 0 Å². The van der Waals surface area contributed by atoms with Crippen LogP contribution in [0.1, 0.15) is 36.5 Å². The first-order valence-electron chi connectivity index (χ1n) is 7.69. The van der Waals surface area contributed by atoms with E-state index in [0.717, 1.165) is 37.6 Å². The van der Waals surface area contributed by atoms with E-state index in [2.05, 4.69) is 27.3 Å². The van der Waals surface area contributed by atoms with E-state index in [0.29, 0.717) is 11.7 Å². The van der Waals surface area contributed by atoms with Gasteiger partial charge in [-0.1, -0.05) is 23.4 Å². The van der Waals surface area contributed by atoms with Crippen LogP contribution >= 0.6 is 12.4 Å². The van der Waals surface area contributed by atoms with Crippen molar-refractivity contribution in [2.24, 2.45) is 5.73 Å². The molecule has 1 aromatic carbocycles. The zero-order chi connectivity index (χ0) is 15.0. The second-order valence-corrected chi connectivity index (χ2v) is 6.01. The lowest BCUT2D eigenvalue weighted by Gasteiger charge is -2.34. The maximum absolute atomic E-state index is 6.23. The molecule has 1 aliphatic rings. The van der Waals surface area contributed by atoms with Crippen LogP contribution < -0.4 is 5.73 Å². The van der Waals surface area contributed by atoms with Crippen LogP contribution in [0.5, 0.6) is 0 Å². The molecule has 23 heavy (non-hydrogen) atoms. The van der Waals surface area contributed by atoms with Gasteiger partial charge in [0.25, 0.3) is 0 Å². The summed E-state index contributed by atoms with van der Waals surface area (Å²) in [5.74, 6) is 1.32. The van der Waals surface area contributed by atoms with Crippen molar-refractivity contribution in [3.63, 3.8) is 0 Å². The highest BCUT2D eigenvalue weighted by atomic mass is 35.5. The van der Waals surface area contributed by atoms with Crippen LogP contribution in [-0.4, -0.2) is 15.1 Å². The number of para-hydroxylation sites is 1. The summed E-state index contributed by atoms with van der Waals surface area (Å²) < 4.78 is 5.36. The van der Waals surface area contributed by atoms with Gasteiger partial charge in [0.15, 0.2) is 5.82 Å². The van der Waals surface area contributed by atoms with Crippen molar-refractivity contribution >= 4 is 23.3 Å². The summed E-state index contributed by atoms with van der Waals surface area (Å²) in [6, 6.07) is 10.2. The number of hydrogen-bond donors (Lipinski definition) is 1. The van der Waals surface area contributed by atoms with Gasteiger partial charge in [0.1, 0.15) is 0 Å². The normalized spacial score (nSPS) is 15.9. The second kappa shape index (κ2) is 6.26. The molecule has 0 radical (unpaired) electrons. The van der Waals surface area contributed by atoms with Crippen molar-refractivity contribution in [2.75, 3.05) is 0 Å². The Labute approximate surface area is 140 Å². The number of fused-ring (bicyclic) bond motifs is 1. The lowest BCUT2D eigenvalue weighted by molar-refractivity contribution is 0.229. The molecule has 0 atom stereocenters. The molecule has 6 heteroatoms. The van der Waals surface area contributed by atoms with Crippen molar-refractivity contribution < 1.29 is 4.52 Å². The van der Waals surface area contributed by atoms with E-state index < -0.39 is 0 Å². The molecule has 2 N–H and O–H groups in total. The molecular formula is C17H19ClN4O. The van der Waals surface area contributed by atoms with E-state index >= 15 is 0 Å². The van der Waals surface area contributed by atoms with E-state index in [1.54, 1.807) is 0 Å². The Balaban J connectivity index is 0.00000156. The van der Waals surface area contributed by atoms with Crippen LogP contribution in [-0.2, 0) is 18.4 Å². The maximum Gasteiger partial charge on any atom is 0.227 e. The molecule has 5 nitrogen and oxygen atoms in total. The molecule has 0 bridgehead atoms. The standard InChI is InChI=1S/C17H18N4O.ClH/c18-17(9-3-10-17)16-20-15(22-21-16)7-6-12-8-11-19-14-5-2-1-4-13(12)14;/h1-2,4-5,8,11H,3,6-7,9-10,18H2;1H. The third-order valence-corrected chi connectivity index (χ3v) is 4.51. The minimum absolute atomic E-state index is 0. The molecule has 0 saturated heterocycles. The zero-order valence-electron chi connectivity index (χ0n) is 12.7. The number of aromatic nitrogens is 3. The van der Waals surface area contributed by atoms with Crippen LogP contribution in [0.3, 0.4) is 0 Å². The number of nitrogens with zero attached hydrogens (tertiary/aromatic N) is 3. The second-order valence-electron chi connectivity index (χ2n) is 6.01. The number of nitrogens with two attached hydrogens (primary N) is 1. The average molecular weight is 331 g/mol. The van der Waals surface area contributed by atoms with E-state index in [9.17, 15) is 0 Å². The monoisotopic (exact) mass is 330 g/mol. The molecule has 0 spiro atoms. The number of rotatable bonds is 4. The van der Waals surface area contributed by atoms with Crippen molar-refractivity contribution in [3.8, 4) is 0 Å². The Hall–Kier alpha value is -1.98. The van der Waals surface area contributed by atoms with E-state index in [1.807, 2.05) is 24.4 Å². The topological polar surface area (TPSA) is 77.8 Å². The van der Waals surface area contributed by atoms with Crippen LogP contribution in [0.25, 0.3) is 10.9 Å². The Kier molecular flexibility index (Phi) is 4.33. The predicted octanol–water partition coefficient (Wildman–Crippen LogP) is 3.16. The quantitative estimate of drug-likeness (QED) is 0.795. The molecule has 1 saturated carbocycles.